The average molecular weight is 301 g/mol. The van der Waals surface area contributed by atoms with Gasteiger partial charge in [0.15, 0.2) is 5.92 Å². The van der Waals surface area contributed by atoms with Crippen LogP contribution in [0, 0.1) is 5.92 Å². The molecule has 0 aliphatic carbocycles. The Balaban J connectivity index is 2.16. The van der Waals surface area contributed by atoms with Crippen LogP contribution >= 0.6 is 0 Å². The fourth-order valence-electron chi connectivity index (χ4n) is 2.02. The van der Waals surface area contributed by atoms with Crippen molar-refractivity contribution in [2.75, 3.05) is 0 Å². The van der Waals surface area contributed by atoms with Gasteiger partial charge in [-0.2, -0.15) is 0 Å². The molecule has 2 atom stereocenters. The van der Waals surface area contributed by atoms with Gasteiger partial charge >= 0.3 is 6.03 Å². The third-order valence-electron chi connectivity index (χ3n) is 3.55. The maximum Gasteiger partial charge on any atom is 0.331 e. The van der Waals surface area contributed by atoms with E-state index in [-0.39, 0.29) is 12.6 Å². The van der Waals surface area contributed by atoms with E-state index in [4.69, 9.17) is 0 Å². The van der Waals surface area contributed by atoms with Gasteiger partial charge in [-0.1, -0.05) is 37.3 Å². The second-order valence-electron chi connectivity index (χ2n) is 5.24. The fraction of sp³-hybridized carbons (Fsp3) is 0.375. The molecule has 1 aliphatic rings. The van der Waals surface area contributed by atoms with E-state index in [1.165, 1.54) is 6.21 Å². The number of benzene rings is 1. The number of nitrogens with one attached hydrogen (secondary N) is 1. The number of imide groups is 2. The largest absolute Gasteiger partial charge is 0.331 e. The summed E-state index contributed by atoms with van der Waals surface area (Å²) < 4.78 is 0. The lowest BCUT2D eigenvalue weighted by Crippen LogP contribution is -2.57. The van der Waals surface area contributed by atoms with E-state index in [0.29, 0.717) is 0 Å². The molecule has 0 aromatic heterocycles. The van der Waals surface area contributed by atoms with Crippen molar-refractivity contribution in [2.24, 2.45) is 10.9 Å². The van der Waals surface area contributed by atoms with Crippen molar-refractivity contribution in [1.29, 1.82) is 0 Å². The summed E-state index contributed by atoms with van der Waals surface area (Å²) in [7, 11) is 0. The number of urea groups is 1. The fourth-order valence-corrected chi connectivity index (χ4v) is 2.02. The topological polar surface area (TPSA) is 78.8 Å². The number of rotatable bonds is 5. The predicted octanol–water partition coefficient (Wildman–Crippen LogP) is 1.75. The molecule has 116 valence electrons. The van der Waals surface area contributed by atoms with Crippen LogP contribution < -0.4 is 5.32 Å². The zero-order valence-electron chi connectivity index (χ0n) is 12.7. The molecule has 1 saturated heterocycles. The lowest BCUT2D eigenvalue weighted by Gasteiger charge is -2.28. The molecule has 6 heteroatoms. The third kappa shape index (κ3) is 3.58. The SMILES string of the molecule is CC[C@H](C)N=CC1C(=O)NC(=O)N(Cc2ccccc2)C1=O. The number of carbonyl (C=O) groups excluding carboxylic acids is 3. The standard InChI is InChI=1S/C16H19N3O3/c1-3-11(2)17-9-13-14(20)18-16(22)19(15(13)21)10-12-7-5-4-6-8-12/h4-9,11,13H,3,10H2,1-2H3,(H,18,20,22)/t11-,13?/m0/s1. The molecule has 1 unspecified atom stereocenters. The van der Waals surface area contributed by atoms with Crippen LogP contribution in [0.4, 0.5) is 4.79 Å². The summed E-state index contributed by atoms with van der Waals surface area (Å²) in [6.07, 6.45) is 2.15. The number of nitrogens with zero attached hydrogens (tertiary/aromatic N) is 2. The van der Waals surface area contributed by atoms with Crippen LogP contribution in [-0.4, -0.2) is 35.0 Å². The summed E-state index contributed by atoms with van der Waals surface area (Å²) in [6, 6.07) is 8.49. The molecule has 4 amide bonds. The van der Waals surface area contributed by atoms with Crippen molar-refractivity contribution in [2.45, 2.75) is 32.9 Å². The number of hydrogen-bond donors (Lipinski definition) is 1. The molecule has 22 heavy (non-hydrogen) atoms. The lowest BCUT2D eigenvalue weighted by atomic mass is 10.1. The van der Waals surface area contributed by atoms with Crippen LogP contribution in [-0.2, 0) is 16.1 Å². The number of hydrogen-bond acceptors (Lipinski definition) is 4. The Kier molecular flexibility index (Phi) is 5.04. The van der Waals surface area contributed by atoms with Crippen LogP contribution in [0.1, 0.15) is 25.8 Å². The molecule has 0 spiro atoms. The van der Waals surface area contributed by atoms with Crippen molar-refractivity contribution in [1.82, 2.24) is 10.2 Å². The van der Waals surface area contributed by atoms with Gasteiger partial charge in [-0.3, -0.25) is 24.8 Å². The minimum atomic E-state index is -1.05. The smallest absolute Gasteiger partial charge is 0.293 e. The number of amides is 4. The van der Waals surface area contributed by atoms with E-state index in [1.54, 1.807) is 0 Å². The Bertz CT molecular complexity index is 598. The highest BCUT2D eigenvalue weighted by Gasteiger charge is 2.39. The molecule has 2 rings (SSSR count). The van der Waals surface area contributed by atoms with Crippen molar-refractivity contribution in [3.05, 3.63) is 35.9 Å². The van der Waals surface area contributed by atoms with Crippen molar-refractivity contribution in [3.8, 4) is 0 Å². The molecule has 0 radical (unpaired) electrons. The minimum Gasteiger partial charge on any atom is -0.293 e. The van der Waals surface area contributed by atoms with Gasteiger partial charge in [0, 0.05) is 12.3 Å². The van der Waals surface area contributed by atoms with E-state index in [0.717, 1.165) is 16.9 Å². The Hall–Kier alpha value is -2.50. The van der Waals surface area contributed by atoms with Gasteiger partial charge in [0.25, 0.3) is 0 Å². The second kappa shape index (κ2) is 6.98. The molecular weight excluding hydrogens is 282 g/mol. The summed E-state index contributed by atoms with van der Waals surface area (Å²) in [5, 5.41) is 2.21. The summed E-state index contributed by atoms with van der Waals surface area (Å²) in [4.78, 5) is 41.4. The molecule has 1 fully saturated rings. The zero-order chi connectivity index (χ0) is 16.1. The highest BCUT2D eigenvalue weighted by molar-refractivity contribution is 6.23. The average Bonchev–Trinajstić information content (AvgIpc) is 2.51. The first-order valence-corrected chi connectivity index (χ1v) is 7.26. The maximum absolute atomic E-state index is 12.4. The normalized spacial score (nSPS) is 20.4. The molecule has 1 aromatic rings. The van der Waals surface area contributed by atoms with Crippen LogP contribution in [0.3, 0.4) is 0 Å². The highest BCUT2D eigenvalue weighted by atomic mass is 16.2. The first-order valence-electron chi connectivity index (χ1n) is 7.26. The summed E-state index contributed by atoms with van der Waals surface area (Å²) in [6.45, 7) is 4.00. The molecule has 1 aliphatic heterocycles. The van der Waals surface area contributed by atoms with Gasteiger partial charge in [-0.15, -0.1) is 0 Å². The third-order valence-corrected chi connectivity index (χ3v) is 3.55. The monoisotopic (exact) mass is 301 g/mol. The number of aliphatic imine (C=N–C) groups is 1. The van der Waals surface area contributed by atoms with Crippen molar-refractivity contribution < 1.29 is 14.4 Å². The highest BCUT2D eigenvalue weighted by Crippen LogP contribution is 2.14. The Labute approximate surface area is 129 Å². The number of carbonyl (C=O) groups is 3. The Morgan fingerprint density at radius 1 is 1.27 bits per heavy atom. The van der Waals surface area contributed by atoms with Crippen molar-refractivity contribution in [3.63, 3.8) is 0 Å². The second-order valence-corrected chi connectivity index (χ2v) is 5.24. The first kappa shape index (κ1) is 15.9. The van der Waals surface area contributed by atoms with E-state index < -0.39 is 23.8 Å². The molecule has 0 saturated carbocycles. The van der Waals surface area contributed by atoms with Crippen molar-refractivity contribution >= 4 is 24.1 Å². The molecule has 1 heterocycles. The molecule has 0 bridgehead atoms. The van der Waals surface area contributed by atoms with E-state index in [1.807, 2.05) is 44.2 Å². The van der Waals surface area contributed by atoms with Crippen LogP contribution in [0.25, 0.3) is 0 Å². The van der Waals surface area contributed by atoms with E-state index in [9.17, 15) is 14.4 Å². The molecule has 1 aromatic carbocycles. The predicted molar refractivity (Wildman–Crippen MR) is 82.3 cm³/mol. The minimum absolute atomic E-state index is 0.0285. The lowest BCUT2D eigenvalue weighted by molar-refractivity contribution is -0.139. The van der Waals surface area contributed by atoms with Gasteiger partial charge in [0.2, 0.25) is 11.8 Å². The van der Waals surface area contributed by atoms with Crippen LogP contribution in [0.5, 0.6) is 0 Å². The van der Waals surface area contributed by atoms with Crippen LogP contribution in [0.15, 0.2) is 35.3 Å². The summed E-state index contributed by atoms with van der Waals surface area (Å²) >= 11 is 0. The van der Waals surface area contributed by atoms with Gasteiger partial charge in [-0.25, -0.2) is 4.79 Å². The maximum atomic E-state index is 12.4. The molecule has 1 N–H and O–H groups in total. The van der Waals surface area contributed by atoms with Gasteiger partial charge in [0.05, 0.1) is 6.54 Å². The Morgan fingerprint density at radius 3 is 2.59 bits per heavy atom. The van der Waals surface area contributed by atoms with E-state index >= 15 is 0 Å². The van der Waals surface area contributed by atoms with E-state index in [2.05, 4.69) is 10.3 Å². The van der Waals surface area contributed by atoms with Crippen LogP contribution in [0.2, 0.25) is 0 Å². The molecule has 6 nitrogen and oxygen atoms in total. The number of barbiturate groups is 1. The van der Waals surface area contributed by atoms with Gasteiger partial charge in [-0.05, 0) is 18.9 Å². The quantitative estimate of drug-likeness (QED) is 0.664. The van der Waals surface area contributed by atoms with Gasteiger partial charge in [0.1, 0.15) is 0 Å². The Morgan fingerprint density at radius 2 is 1.95 bits per heavy atom. The zero-order valence-corrected chi connectivity index (χ0v) is 12.7. The van der Waals surface area contributed by atoms with Gasteiger partial charge < -0.3 is 0 Å². The molecular formula is C16H19N3O3. The summed E-state index contributed by atoms with van der Waals surface area (Å²) in [5.41, 5.74) is 0.818. The first-order chi connectivity index (χ1) is 10.5. The summed E-state index contributed by atoms with van der Waals surface area (Å²) in [5.74, 6) is -2.20.